The van der Waals surface area contributed by atoms with E-state index in [9.17, 15) is 4.79 Å². The molecule has 2 aromatic carbocycles. The highest BCUT2D eigenvalue weighted by molar-refractivity contribution is 6.20. The van der Waals surface area contributed by atoms with E-state index in [-0.39, 0.29) is 5.78 Å². The summed E-state index contributed by atoms with van der Waals surface area (Å²) in [5.41, 5.74) is 5.53. The monoisotopic (exact) mass is 289 g/mol. The van der Waals surface area contributed by atoms with Crippen LogP contribution in [0.3, 0.4) is 0 Å². The lowest BCUT2D eigenvalue weighted by Crippen LogP contribution is -2.11. The van der Waals surface area contributed by atoms with E-state index in [1.165, 1.54) is 0 Å². The van der Waals surface area contributed by atoms with Gasteiger partial charge in [0.05, 0.1) is 11.0 Å². The fourth-order valence-corrected chi connectivity index (χ4v) is 2.96. The predicted octanol–water partition coefficient (Wildman–Crippen LogP) is 2.90. The lowest BCUT2D eigenvalue weighted by atomic mass is 10.1. The van der Waals surface area contributed by atoms with Gasteiger partial charge in [-0.05, 0) is 25.7 Å². The fourth-order valence-electron chi connectivity index (χ4n) is 2.96. The number of hydrogen-bond donors (Lipinski definition) is 0. The third-order valence-corrected chi connectivity index (χ3v) is 3.91. The first-order valence-corrected chi connectivity index (χ1v) is 7.23. The molecule has 1 aliphatic rings. The molecule has 0 amide bonds. The van der Waals surface area contributed by atoms with Gasteiger partial charge in [-0.3, -0.25) is 4.79 Å². The predicted molar refractivity (Wildman–Crippen MR) is 85.8 cm³/mol. The minimum Gasteiger partial charge on any atom is -0.305 e. The zero-order chi connectivity index (χ0) is 15.3. The Labute approximate surface area is 128 Å². The first-order valence-electron chi connectivity index (χ1n) is 7.23. The first-order chi connectivity index (χ1) is 10.6. The molecule has 1 heterocycles. The van der Waals surface area contributed by atoms with Gasteiger partial charge in [-0.25, -0.2) is 9.97 Å². The zero-order valence-corrected chi connectivity index (χ0v) is 12.5. The largest absolute Gasteiger partial charge is 0.305 e. The second-order valence-corrected chi connectivity index (χ2v) is 5.82. The topological polar surface area (TPSA) is 46.1 Å². The molecule has 0 aliphatic heterocycles. The maximum absolute atomic E-state index is 12.5. The summed E-state index contributed by atoms with van der Waals surface area (Å²) in [5.74, 6) is -0.0296. The second-order valence-electron chi connectivity index (χ2n) is 5.82. The van der Waals surface area contributed by atoms with Crippen molar-refractivity contribution in [3.8, 4) is 11.3 Å². The second kappa shape index (κ2) is 4.71. The molecular weight excluding hydrogens is 274 g/mol. The molecule has 0 saturated heterocycles. The van der Waals surface area contributed by atoms with Crippen molar-refractivity contribution in [3.05, 3.63) is 59.3 Å². The van der Waals surface area contributed by atoms with Gasteiger partial charge < -0.3 is 4.90 Å². The zero-order valence-electron chi connectivity index (χ0n) is 12.5. The fraction of sp³-hybridized carbons (Fsp3) is 0.167. The molecule has 0 bridgehead atoms. The van der Waals surface area contributed by atoms with Crippen LogP contribution < -0.4 is 0 Å². The molecule has 4 heteroatoms. The number of carbonyl (C=O) groups is 1. The van der Waals surface area contributed by atoms with Crippen molar-refractivity contribution in [1.29, 1.82) is 0 Å². The summed E-state index contributed by atoms with van der Waals surface area (Å²) < 4.78 is 0. The SMILES string of the molecule is CN(C)Cc1cccc2nc3c(nc12)-c1ccccc1C3=O. The number of aromatic nitrogens is 2. The maximum atomic E-state index is 12.5. The van der Waals surface area contributed by atoms with Gasteiger partial charge in [-0.15, -0.1) is 0 Å². The minimum atomic E-state index is -0.0296. The summed E-state index contributed by atoms with van der Waals surface area (Å²) in [4.78, 5) is 24.0. The van der Waals surface area contributed by atoms with Gasteiger partial charge in [0.25, 0.3) is 0 Å². The molecule has 4 nitrogen and oxygen atoms in total. The Hall–Kier alpha value is -2.59. The van der Waals surface area contributed by atoms with Crippen molar-refractivity contribution < 1.29 is 4.79 Å². The molecule has 3 aromatic rings. The summed E-state index contributed by atoms with van der Waals surface area (Å²) in [5, 5.41) is 0. The summed E-state index contributed by atoms with van der Waals surface area (Å²) in [6.45, 7) is 0.792. The van der Waals surface area contributed by atoms with Crippen LogP contribution >= 0.6 is 0 Å². The average Bonchev–Trinajstić information content (AvgIpc) is 2.79. The van der Waals surface area contributed by atoms with Gasteiger partial charge in [0.15, 0.2) is 0 Å². The molecular formula is C18H15N3O. The van der Waals surface area contributed by atoms with Crippen LogP contribution in [-0.4, -0.2) is 34.7 Å². The first kappa shape index (κ1) is 13.1. The molecule has 108 valence electrons. The summed E-state index contributed by atoms with van der Waals surface area (Å²) >= 11 is 0. The van der Waals surface area contributed by atoms with Gasteiger partial charge >= 0.3 is 0 Å². The summed E-state index contributed by atoms with van der Waals surface area (Å²) in [7, 11) is 4.05. The average molecular weight is 289 g/mol. The highest BCUT2D eigenvalue weighted by Gasteiger charge is 2.29. The number of hydrogen-bond acceptors (Lipinski definition) is 4. The number of nitrogens with zero attached hydrogens (tertiary/aromatic N) is 3. The van der Waals surface area contributed by atoms with E-state index in [1.54, 1.807) is 0 Å². The van der Waals surface area contributed by atoms with Crippen LogP contribution in [0.1, 0.15) is 21.6 Å². The van der Waals surface area contributed by atoms with Crippen molar-refractivity contribution in [3.63, 3.8) is 0 Å². The molecule has 0 saturated carbocycles. The molecule has 0 spiro atoms. The number of benzene rings is 2. The van der Waals surface area contributed by atoms with Gasteiger partial charge in [0, 0.05) is 17.7 Å². The Morgan fingerprint density at radius 1 is 0.909 bits per heavy atom. The van der Waals surface area contributed by atoms with Gasteiger partial charge in [0.2, 0.25) is 5.78 Å². The van der Waals surface area contributed by atoms with Crippen LogP contribution in [0.15, 0.2) is 42.5 Å². The summed E-state index contributed by atoms with van der Waals surface area (Å²) in [6, 6.07) is 13.5. The highest BCUT2D eigenvalue weighted by atomic mass is 16.1. The molecule has 0 atom stereocenters. The van der Waals surface area contributed by atoms with Crippen LogP contribution in [0.2, 0.25) is 0 Å². The van der Waals surface area contributed by atoms with Crippen LogP contribution in [0, 0.1) is 0 Å². The molecule has 0 N–H and O–H groups in total. The molecule has 0 radical (unpaired) electrons. The van der Waals surface area contributed by atoms with E-state index in [2.05, 4.69) is 16.0 Å². The molecule has 22 heavy (non-hydrogen) atoms. The van der Waals surface area contributed by atoms with E-state index in [4.69, 9.17) is 4.98 Å². The van der Waals surface area contributed by atoms with E-state index in [0.29, 0.717) is 17.0 Å². The number of rotatable bonds is 2. The lowest BCUT2D eigenvalue weighted by molar-refractivity contribution is 0.103. The van der Waals surface area contributed by atoms with Crippen molar-refractivity contribution >= 4 is 16.8 Å². The van der Waals surface area contributed by atoms with Crippen LogP contribution in [0.5, 0.6) is 0 Å². The van der Waals surface area contributed by atoms with Gasteiger partial charge in [0.1, 0.15) is 11.4 Å². The molecule has 0 fully saturated rings. The van der Waals surface area contributed by atoms with Crippen molar-refractivity contribution in [1.82, 2.24) is 14.9 Å². The Morgan fingerprint density at radius 2 is 1.68 bits per heavy atom. The molecule has 1 aromatic heterocycles. The third-order valence-electron chi connectivity index (χ3n) is 3.91. The number of fused-ring (bicyclic) bond motifs is 4. The highest BCUT2D eigenvalue weighted by Crippen LogP contribution is 2.35. The van der Waals surface area contributed by atoms with Gasteiger partial charge in [-0.2, -0.15) is 0 Å². The van der Waals surface area contributed by atoms with E-state index < -0.39 is 0 Å². The van der Waals surface area contributed by atoms with Crippen LogP contribution in [-0.2, 0) is 6.54 Å². The van der Waals surface area contributed by atoms with Crippen LogP contribution in [0.25, 0.3) is 22.3 Å². The Balaban J connectivity index is 2.01. The lowest BCUT2D eigenvalue weighted by Gasteiger charge is -2.12. The quantitative estimate of drug-likeness (QED) is 0.569. The Kier molecular flexibility index (Phi) is 2.81. The Morgan fingerprint density at radius 3 is 2.45 bits per heavy atom. The number of para-hydroxylation sites is 1. The number of carbonyl (C=O) groups excluding carboxylic acids is 1. The van der Waals surface area contributed by atoms with Crippen molar-refractivity contribution in [2.45, 2.75) is 6.54 Å². The Bertz CT molecular complexity index is 915. The standard InChI is InChI=1S/C18H15N3O/c1-21(2)10-11-6-5-9-14-15(11)20-16-12-7-3-4-8-13(12)18(22)17(16)19-14/h3-9H,10H2,1-2H3. The normalized spacial score (nSPS) is 12.8. The van der Waals surface area contributed by atoms with E-state index >= 15 is 0 Å². The van der Waals surface area contributed by atoms with Crippen molar-refractivity contribution in [2.75, 3.05) is 14.1 Å². The van der Waals surface area contributed by atoms with Crippen molar-refractivity contribution in [2.24, 2.45) is 0 Å². The minimum absolute atomic E-state index is 0.0296. The smallest absolute Gasteiger partial charge is 0.214 e. The molecule has 4 rings (SSSR count). The third kappa shape index (κ3) is 1.84. The van der Waals surface area contributed by atoms with Crippen LogP contribution in [0.4, 0.5) is 0 Å². The maximum Gasteiger partial charge on any atom is 0.214 e. The number of ketones is 1. The van der Waals surface area contributed by atoms with Gasteiger partial charge in [-0.1, -0.05) is 36.4 Å². The summed E-state index contributed by atoms with van der Waals surface area (Å²) in [6.07, 6.45) is 0. The van der Waals surface area contributed by atoms with E-state index in [0.717, 1.165) is 28.7 Å². The molecule has 1 aliphatic carbocycles. The molecule has 0 unspecified atom stereocenters. The van der Waals surface area contributed by atoms with E-state index in [1.807, 2.05) is 50.5 Å².